The molecule has 5 nitrogen and oxygen atoms in total. The molecule has 4 aromatic rings. The molecule has 39 heavy (non-hydrogen) atoms. The van der Waals surface area contributed by atoms with Crippen LogP contribution in [0.4, 0.5) is 24.5 Å². The second-order valence-electron chi connectivity index (χ2n) is 9.05. The van der Waals surface area contributed by atoms with Gasteiger partial charge in [-0.05, 0) is 74.0 Å². The van der Waals surface area contributed by atoms with E-state index in [9.17, 15) is 13.2 Å². The molecule has 0 aliphatic carbocycles. The largest absolute Gasteiger partial charge is 0.496 e. The number of nitrogens with one attached hydrogen (secondary N) is 2. The first-order valence-corrected chi connectivity index (χ1v) is 12.5. The number of methoxy groups -OCH3 is 2. The zero-order chi connectivity index (χ0) is 27.8. The third kappa shape index (κ3) is 7.67. The maximum absolute atomic E-state index is 12.8. The van der Waals surface area contributed by atoms with E-state index in [0.29, 0.717) is 42.5 Å². The fourth-order valence-electron chi connectivity index (χ4n) is 4.05. The number of hydrogen-bond donors (Lipinski definition) is 2. The highest BCUT2D eigenvalue weighted by molar-refractivity contribution is 5.61. The molecule has 204 valence electrons. The van der Waals surface area contributed by atoms with Crippen molar-refractivity contribution in [3.05, 3.63) is 107 Å². The van der Waals surface area contributed by atoms with Gasteiger partial charge in [-0.15, -0.1) is 0 Å². The van der Waals surface area contributed by atoms with Crippen LogP contribution < -0.4 is 24.8 Å². The van der Waals surface area contributed by atoms with E-state index in [1.807, 2.05) is 36.4 Å². The number of benzene rings is 4. The highest BCUT2D eigenvalue weighted by atomic mass is 19.4. The van der Waals surface area contributed by atoms with Gasteiger partial charge >= 0.3 is 6.18 Å². The molecule has 0 aliphatic heterocycles. The van der Waals surface area contributed by atoms with Crippen molar-refractivity contribution in [1.82, 2.24) is 5.32 Å². The first-order chi connectivity index (χ1) is 18.7. The van der Waals surface area contributed by atoms with Crippen molar-refractivity contribution in [3.63, 3.8) is 0 Å². The van der Waals surface area contributed by atoms with Crippen LogP contribution in [0.5, 0.6) is 23.0 Å². The molecule has 0 aliphatic rings. The van der Waals surface area contributed by atoms with Gasteiger partial charge in [0.1, 0.15) is 23.0 Å². The third-order valence-corrected chi connectivity index (χ3v) is 6.19. The van der Waals surface area contributed by atoms with Gasteiger partial charge in [-0.25, -0.2) is 0 Å². The van der Waals surface area contributed by atoms with Crippen LogP contribution in [0.3, 0.4) is 0 Å². The smallest absolute Gasteiger partial charge is 0.416 e. The lowest BCUT2D eigenvalue weighted by atomic mass is 10.1. The molecule has 0 bridgehead atoms. The molecule has 0 atom stereocenters. The highest BCUT2D eigenvalue weighted by Crippen LogP contribution is 2.36. The molecule has 0 unspecified atom stereocenters. The fraction of sp³-hybridized carbons (Fsp3) is 0.226. The molecule has 0 saturated carbocycles. The van der Waals surface area contributed by atoms with E-state index < -0.39 is 11.7 Å². The minimum atomic E-state index is -4.33. The number of alkyl halides is 3. The second kappa shape index (κ2) is 12.6. The Bertz CT molecular complexity index is 1330. The molecule has 8 heteroatoms. The number of rotatable bonds is 11. The summed E-state index contributed by atoms with van der Waals surface area (Å²) in [5.41, 5.74) is 4.14. The molecule has 0 aromatic heterocycles. The fourth-order valence-corrected chi connectivity index (χ4v) is 4.05. The Balaban J connectivity index is 1.36. The van der Waals surface area contributed by atoms with E-state index in [0.717, 1.165) is 34.6 Å². The summed E-state index contributed by atoms with van der Waals surface area (Å²) in [6.45, 7) is 3.07. The molecule has 4 rings (SSSR count). The SMILES string of the molecule is COc1cc(Oc2ccc(Nc3ccc(C)cc3)cc2)cc(OC)c1CNCCc1ccc(C(F)(F)F)cc1. The lowest BCUT2D eigenvalue weighted by Crippen LogP contribution is -2.18. The first kappa shape index (κ1) is 27.9. The number of anilines is 2. The number of ether oxygens (including phenoxy) is 3. The van der Waals surface area contributed by atoms with E-state index in [-0.39, 0.29) is 0 Å². The molecule has 0 spiro atoms. The maximum Gasteiger partial charge on any atom is 0.416 e. The van der Waals surface area contributed by atoms with Gasteiger partial charge in [0.15, 0.2) is 0 Å². The number of aryl methyl sites for hydroxylation is 1. The summed E-state index contributed by atoms with van der Waals surface area (Å²) >= 11 is 0. The summed E-state index contributed by atoms with van der Waals surface area (Å²) < 4.78 is 55.6. The van der Waals surface area contributed by atoms with Gasteiger partial charge < -0.3 is 24.8 Å². The van der Waals surface area contributed by atoms with Crippen LogP contribution in [0.1, 0.15) is 22.3 Å². The normalized spacial score (nSPS) is 11.2. The van der Waals surface area contributed by atoms with Crippen molar-refractivity contribution >= 4 is 11.4 Å². The van der Waals surface area contributed by atoms with E-state index >= 15 is 0 Å². The number of halogens is 3. The van der Waals surface area contributed by atoms with Gasteiger partial charge in [-0.1, -0.05) is 29.8 Å². The summed E-state index contributed by atoms with van der Waals surface area (Å²) in [5, 5.41) is 6.67. The molecular weight excluding hydrogens is 505 g/mol. The van der Waals surface area contributed by atoms with Crippen molar-refractivity contribution in [1.29, 1.82) is 0 Å². The van der Waals surface area contributed by atoms with Crippen molar-refractivity contribution in [2.75, 3.05) is 26.1 Å². The Kier molecular flexibility index (Phi) is 8.99. The van der Waals surface area contributed by atoms with Crippen molar-refractivity contribution in [2.45, 2.75) is 26.1 Å². The quantitative estimate of drug-likeness (QED) is 0.191. The van der Waals surface area contributed by atoms with Crippen LogP contribution in [0.15, 0.2) is 84.9 Å². The van der Waals surface area contributed by atoms with E-state index in [1.54, 1.807) is 26.4 Å². The topological polar surface area (TPSA) is 51.8 Å². The van der Waals surface area contributed by atoms with Crippen LogP contribution in [0, 0.1) is 6.92 Å². The van der Waals surface area contributed by atoms with Crippen molar-refractivity contribution in [2.24, 2.45) is 0 Å². The monoisotopic (exact) mass is 536 g/mol. The van der Waals surface area contributed by atoms with E-state index in [2.05, 4.69) is 29.7 Å². The van der Waals surface area contributed by atoms with Gasteiger partial charge in [0.2, 0.25) is 0 Å². The summed E-state index contributed by atoms with van der Waals surface area (Å²) in [4.78, 5) is 0. The average Bonchev–Trinajstić information content (AvgIpc) is 2.93. The van der Waals surface area contributed by atoms with Crippen LogP contribution in [-0.2, 0) is 19.1 Å². The van der Waals surface area contributed by atoms with Crippen molar-refractivity contribution < 1.29 is 27.4 Å². The Morgan fingerprint density at radius 2 is 1.28 bits per heavy atom. The van der Waals surface area contributed by atoms with E-state index in [4.69, 9.17) is 14.2 Å². The van der Waals surface area contributed by atoms with Gasteiger partial charge in [0.25, 0.3) is 0 Å². The standard InChI is InChI=1S/C31H31F3N2O3/c1-21-4-10-24(11-5-21)36-25-12-14-26(15-13-25)39-27-18-29(37-2)28(30(19-27)38-3)20-35-17-16-22-6-8-23(9-7-22)31(32,33)34/h4-15,18-19,35-36H,16-17,20H2,1-3H3. The summed E-state index contributed by atoms with van der Waals surface area (Å²) in [7, 11) is 3.16. The molecule has 0 radical (unpaired) electrons. The molecule has 0 saturated heterocycles. The minimum Gasteiger partial charge on any atom is -0.496 e. The zero-order valence-electron chi connectivity index (χ0n) is 22.1. The minimum absolute atomic E-state index is 0.451. The highest BCUT2D eigenvalue weighted by Gasteiger charge is 2.29. The Hall–Kier alpha value is -4.17. The maximum atomic E-state index is 12.8. The molecular formula is C31H31F3N2O3. The van der Waals surface area contributed by atoms with Crippen molar-refractivity contribution in [3.8, 4) is 23.0 Å². The molecule has 0 fully saturated rings. The predicted molar refractivity (Wildman–Crippen MR) is 147 cm³/mol. The van der Waals surface area contributed by atoms with Crippen LogP contribution in [-0.4, -0.2) is 20.8 Å². The summed E-state index contributed by atoms with van der Waals surface area (Å²) in [6.07, 6.45) is -3.75. The first-order valence-electron chi connectivity index (χ1n) is 12.5. The lowest BCUT2D eigenvalue weighted by Gasteiger charge is -2.17. The van der Waals surface area contributed by atoms with Gasteiger partial charge in [0, 0.05) is 30.1 Å². The van der Waals surface area contributed by atoms with Crippen LogP contribution in [0.2, 0.25) is 0 Å². The third-order valence-electron chi connectivity index (χ3n) is 6.19. The zero-order valence-corrected chi connectivity index (χ0v) is 22.1. The molecule has 2 N–H and O–H groups in total. The van der Waals surface area contributed by atoms with Gasteiger partial charge in [0.05, 0.1) is 25.3 Å². The molecule has 0 amide bonds. The Morgan fingerprint density at radius 1 is 0.718 bits per heavy atom. The molecule has 4 aromatic carbocycles. The Labute approximate surface area is 226 Å². The Morgan fingerprint density at radius 3 is 1.82 bits per heavy atom. The second-order valence-corrected chi connectivity index (χ2v) is 9.05. The van der Waals surface area contributed by atoms with Crippen LogP contribution in [0.25, 0.3) is 0 Å². The van der Waals surface area contributed by atoms with Gasteiger partial charge in [-0.2, -0.15) is 13.2 Å². The average molecular weight is 537 g/mol. The predicted octanol–water partition coefficient (Wildman–Crippen LogP) is 7.90. The summed E-state index contributed by atoms with van der Waals surface area (Å²) in [6, 6.07) is 24.6. The van der Waals surface area contributed by atoms with Crippen LogP contribution >= 0.6 is 0 Å². The summed E-state index contributed by atoms with van der Waals surface area (Å²) in [5.74, 6) is 2.43. The lowest BCUT2D eigenvalue weighted by molar-refractivity contribution is -0.137. The number of hydrogen-bond acceptors (Lipinski definition) is 5. The van der Waals surface area contributed by atoms with Gasteiger partial charge in [-0.3, -0.25) is 0 Å². The molecule has 0 heterocycles. The van der Waals surface area contributed by atoms with E-state index in [1.165, 1.54) is 17.7 Å².